The Labute approximate surface area is 106 Å². The third-order valence-electron chi connectivity index (χ3n) is 3.11. The molecule has 0 aromatic carbocycles. The summed E-state index contributed by atoms with van der Waals surface area (Å²) in [6.45, 7) is 3.44. The molecule has 0 atom stereocenters. The number of nitrogens with zero attached hydrogens (tertiary/aromatic N) is 1. The fourth-order valence-corrected chi connectivity index (χ4v) is 1.90. The van der Waals surface area contributed by atoms with E-state index >= 15 is 0 Å². The summed E-state index contributed by atoms with van der Waals surface area (Å²) in [6.07, 6.45) is 1.43. The van der Waals surface area contributed by atoms with Crippen LogP contribution < -0.4 is 10.2 Å². The molecule has 1 aromatic heterocycles. The largest absolute Gasteiger partial charge is 0.459 e. The van der Waals surface area contributed by atoms with Crippen molar-refractivity contribution in [2.24, 2.45) is 0 Å². The maximum absolute atomic E-state index is 11.9. The molecule has 18 heavy (non-hydrogen) atoms. The third-order valence-corrected chi connectivity index (χ3v) is 3.11. The summed E-state index contributed by atoms with van der Waals surface area (Å²) in [5.74, 6) is -0.166. The van der Waals surface area contributed by atoms with Gasteiger partial charge in [0.2, 0.25) is 5.91 Å². The molecule has 0 bridgehead atoms. The zero-order valence-corrected chi connectivity index (χ0v) is 10.4. The van der Waals surface area contributed by atoms with Crippen molar-refractivity contribution in [3.8, 4) is 0 Å². The summed E-state index contributed by atoms with van der Waals surface area (Å²) < 4.78 is 4.95. The SMILES string of the molecule is C[NH+]1CCN(C(=O)CNC(=O)c2ccco2)CC1. The number of nitrogens with one attached hydrogen (secondary N) is 2. The van der Waals surface area contributed by atoms with Crippen molar-refractivity contribution >= 4 is 11.8 Å². The Morgan fingerprint density at radius 1 is 1.44 bits per heavy atom. The van der Waals surface area contributed by atoms with E-state index in [-0.39, 0.29) is 24.1 Å². The van der Waals surface area contributed by atoms with E-state index in [1.54, 1.807) is 17.0 Å². The first-order valence-electron chi connectivity index (χ1n) is 6.07. The Morgan fingerprint density at radius 3 is 2.78 bits per heavy atom. The number of rotatable bonds is 3. The molecule has 0 saturated carbocycles. The molecule has 6 heteroatoms. The summed E-state index contributed by atoms with van der Waals surface area (Å²) in [5, 5.41) is 2.56. The molecule has 1 aliphatic heterocycles. The summed E-state index contributed by atoms with van der Waals surface area (Å²) in [6, 6.07) is 3.21. The Hall–Kier alpha value is -1.82. The number of furan rings is 1. The number of carbonyl (C=O) groups is 2. The van der Waals surface area contributed by atoms with Gasteiger partial charge in [-0.15, -0.1) is 0 Å². The molecule has 1 aliphatic rings. The Kier molecular flexibility index (Phi) is 3.99. The van der Waals surface area contributed by atoms with E-state index in [4.69, 9.17) is 4.42 Å². The van der Waals surface area contributed by atoms with Crippen LogP contribution in [0.2, 0.25) is 0 Å². The molecule has 98 valence electrons. The molecule has 1 aromatic rings. The second-order valence-electron chi connectivity index (χ2n) is 4.50. The van der Waals surface area contributed by atoms with Gasteiger partial charge in [-0.1, -0.05) is 0 Å². The number of piperazine rings is 1. The van der Waals surface area contributed by atoms with E-state index in [1.807, 2.05) is 0 Å². The molecule has 0 spiro atoms. The van der Waals surface area contributed by atoms with Crippen LogP contribution in [0, 0.1) is 0 Å². The maximum Gasteiger partial charge on any atom is 0.287 e. The zero-order chi connectivity index (χ0) is 13.0. The summed E-state index contributed by atoms with van der Waals surface area (Å²) in [7, 11) is 2.11. The molecular weight excluding hydrogens is 234 g/mol. The number of amides is 2. The number of quaternary nitrogens is 1. The van der Waals surface area contributed by atoms with Gasteiger partial charge in [0.1, 0.15) is 0 Å². The summed E-state index contributed by atoms with van der Waals surface area (Å²) >= 11 is 0. The average molecular weight is 252 g/mol. The van der Waals surface area contributed by atoms with Crippen molar-refractivity contribution in [1.82, 2.24) is 10.2 Å². The second kappa shape index (κ2) is 5.68. The van der Waals surface area contributed by atoms with E-state index < -0.39 is 0 Å². The standard InChI is InChI=1S/C12H17N3O3/c1-14-4-6-15(7-5-14)11(16)9-13-12(17)10-3-2-8-18-10/h2-3,8H,4-7,9H2,1H3,(H,13,17)/p+1. The zero-order valence-electron chi connectivity index (χ0n) is 10.4. The molecule has 2 heterocycles. The molecule has 1 fully saturated rings. The number of hydrogen-bond donors (Lipinski definition) is 2. The Balaban J connectivity index is 1.76. The molecule has 2 N–H and O–H groups in total. The van der Waals surface area contributed by atoms with Crippen molar-refractivity contribution in [2.75, 3.05) is 39.8 Å². The predicted octanol–water partition coefficient (Wildman–Crippen LogP) is -1.63. The second-order valence-corrected chi connectivity index (χ2v) is 4.50. The van der Waals surface area contributed by atoms with Crippen LogP contribution >= 0.6 is 0 Å². The van der Waals surface area contributed by atoms with Crippen LogP contribution in [-0.2, 0) is 4.79 Å². The van der Waals surface area contributed by atoms with Crippen molar-refractivity contribution in [2.45, 2.75) is 0 Å². The minimum atomic E-state index is -0.354. The maximum atomic E-state index is 11.9. The van der Waals surface area contributed by atoms with Gasteiger partial charge >= 0.3 is 0 Å². The predicted molar refractivity (Wildman–Crippen MR) is 64.2 cm³/mol. The van der Waals surface area contributed by atoms with E-state index in [2.05, 4.69) is 12.4 Å². The number of hydrogen-bond acceptors (Lipinski definition) is 3. The van der Waals surface area contributed by atoms with Gasteiger partial charge in [-0.2, -0.15) is 0 Å². The highest BCUT2D eigenvalue weighted by Crippen LogP contribution is 1.99. The quantitative estimate of drug-likeness (QED) is 0.678. The monoisotopic (exact) mass is 252 g/mol. The van der Waals surface area contributed by atoms with Crippen LogP contribution in [0.25, 0.3) is 0 Å². The normalized spacial score (nSPS) is 16.6. The lowest BCUT2D eigenvalue weighted by atomic mass is 10.3. The van der Waals surface area contributed by atoms with Crippen LogP contribution in [0.3, 0.4) is 0 Å². The van der Waals surface area contributed by atoms with Gasteiger partial charge in [-0.05, 0) is 12.1 Å². The Morgan fingerprint density at radius 2 is 2.17 bits per heavy atom. The molecule has 0 unspecified atom stereocenters. The fourth-order valence-electron chi connectivity index (χ4n) is 1.90. The summed E-state index contributed by atoms with van der Waals surface area (Å²) in [5.41, 5.74) is 0. The van der Waals surface area contributed by atoms with Gasteiger partial charge in [0.05, 0.1) is 46.0 Å². The van der Waals surface area contributed by atoms with Gasteiger partial charge in [0.15, 0.2) is 5.76 Å². The topological polar surface area (TPSA) is 67.0 Å². The lowest BCUT2D eigenvalue weighted by Gasteiger charge is -2.30. The smallest absolute Gasteiger partial charge is 0.287 e. The van der Waals surface area contributed by atoms with Crippen molar-refractivity contribution in [3.05, 3.63) is 24.2 Å². The van der Waals surface area contributed by atoms with Crippen LogP contribution in [0.15, 0.2) is 22.8 Å². The molecule has 6 nitrogen and oxygen atoms in total. The molecule has 0 aliphatic carbocycles. The van der Waals surface area contributed by atoms with E-state index in [1.165, 1.54) is 11.2 Å². The minimum absolute atomic E-state index is 0.0264. The molecule has 2 amide bonds. The highest BCUT2D eigenvalue weighted by molar-refractivity contribution is 5.94. The van der Waals surface area contributed by atoms with Crippen molar-refractivity contribution in [1.29, 1.82) is 0 Å². The lowest BCUT2D eigenvalue weighted by molar-refractivity contribution is -0.883. The van der Waals surface area contributed by atoms with E-state index in [9.17, 15) is 9.59 Å². The van der Waals surface area contributed by atoms with Gasteiger partial charge in [-0.25, -0.2) is 0 Å². The van der Waals surface area contributed by atoms with Gasteiger partial charge in [0.25, 0.3) is 5.91 Å². The van der Waals surface area contributed by atoms with Crippen molar-refractivity contribution in [3.63, 3.8) is 0 Å². The number of carbonyl (C=O) groups excluding carboxylic acids is 2. The summed E-state index contributed by atoms with van der Waals surface area (Å²) in [4.78, 5) is 26.6. The van der Waals surface area contributed by atoms with Crippen molar-refractivity contribution < 1.29 is 18.9 Å². The van der Waals surface area contributed by atoms with Crippen LogP contribution in [0.1, 0.15) is 10.6 Å². The fraction of sp³-hybridized carbons (Fsp3) is 0.500. The van der Waals surface area contributed by atoms with Gasteiger partial charge in [-0.3, -0.25) is 9.59 Å². The highest BCUT2D eigenvalue weighted by Gasteiger charge is 2.21. The Bertz CT molecular complexity index is 408. The van der Waals surface area contributed by atoms with Crippen LogP contribution in [0.4, 0.5) is 0 Å². The van der Waals surface area contributed by atoms with Gasteiger partial charge < -0.3 is 19.5 Å². The van der Waals surface area contributed by atoms with Crippen LogP contribution in [0.5, 0.6) is 0 Å². The number of likely N-dealkylation sites (N-methyl/N-ethyl adjacent to an activating group) is 1. The third kappa shape index (κ3) is 3.10. The first kappa shape index (κ1) is 12.6. The van der Waals surface area contributed by atoms with E-state index in [0.717, 1.165) is 26.2 Å². The van der Waals surface area contributed by atoms with Gasteiger partial charge in [0, 0.05) is 0 Å². The molecule has 2 rings (SSSR count). The molecule has 1 saturated heterocycles. The molecular formula is C12H18N3O3+. The first-order valence-corrected chi connectivity index (χ1v) is 6.07. The average Bonchev–Trinajstić information content (AvgIpc) is 2.90. The highest BCUT2D eigenvalue weighted by atomic mass is 16.3. The molecule has 0 radical (unpaired) electrons. The van der Waals surface area contributed by atoms with Crippen LogP contribution in [-0.4, -0.2) is 56.5 Å². The first-order chi connectivity index (χ1) is 8.66. The minimum Gasteiger partial charge on any atom is -0.459 e. The lowest BCUT2D eigenvalue weighted by Crippen LogP contribution is -3.12. The van der Waals surface area contributed by atoms with E-state index in [0.29, 0.717) is 0 Å².